The Morgan fingerprint density at radius 3 is 2.16 bits per heavy atom. The van der Waals surface area contributed by atoms with Gasteiger partial charge in [-0.05, 0) is 56.2 Å². The summed E-state index contributed by atoms with van der Waals surface area (Å²) in [5.41, 5.74) is 2.33. The van der Waals surface area contributed by atoms with Gasteiger partial charge in [0.25, 0.3) is 0 Å². The zero-order valence-corrected chi connectivity index (χ0v) is 21.0. The maximum Gasteiger partial charge on any atom is 0.216 e. The second kappa shape index (κ2) is 10.8. The Hall–Kier alpha value is -0.990. The van der Waals surface area contributed by atoms with Crippen LogP contribution in [0.1, 0.15) is 44.7 Å². The minimum absolute atomic E-state index is 0.180. The van der Waals surface area contributed by atoms with Gasteiger partial charge in [0, 0.05) is 6.04 Å². The molecule has 0 bridgehead atoms. The molecule has 0 radical (unpaired) electrons. The summed E-state index contributed by atoms with van der Waals surface area (Å²) in [7, 11) is -3.50. The van der Waals surface area contributed by atoms with Crippen molar-refractivity contribution in [2.45, 2.75) is 55.1 Å². The summed E-state index contributed by atoms with van der Waals surface area (Å²) in [6.07, 6.45) is 1.85. The molecule has 2 aromatic rings. The average molecular weight is 480 g/mol. The topological polar surface area (TPSA) is 55.4 Å². The minimum atomic E-state index is -3.50. The first-order valence-corrected chi connectivity index (χ1v) is 14.1. The maximum absolute atomic E-state index is 13.0. The minimum Gasteiger partial charge on any atom is -0.375 e. The van der Waals surface area contributed by atoms with Crippen LogP contribution in [-0.4, -0.2) is 37.3 Å². The Labute approximate surface area is 196 Å². The highest BCUT2D eigenvalue weighted by Gasteiger charge is 2.40. The molecule has 1 aliphatic heterocycles. The maximum atomic E-state index is 13.0. The zero-order valence-electron chi connectivity index (χ0n) is 18.5. The van der Waals surface area contributed by atoms with Crippen molar-refractivity contribution in [1.82, 2.24) is 4.72 Å². The van der Waals surface area contributed by atoms with Gasteiger partial charge in [-0.15, -0.1) is 23.5 Å². The number of benzene rings is 2. The van der Waals surface area contributed by atoms with E-state index in [9.17, 15) is 8.42 Å². The van der Waals surface area contributed by atoms with Crippen LogP contribution in [0.15, 0.2) is 60.7 Å². The number of nitrogens with one attached hydrogen (secondary N) is 1. The Kier molecular flexibility index (Phi) is 8.55. The van der Waals surface area contributed by atoms with E-state index in [-0.39, 0.29) is 10.1 Å². The molecule has 0 saturated carbocycles. The highest BCUT2D eigenvalue weighted by atomic mass is 32.2. The fourth-order valence-corrected chi connectivity index (χ4v) is 7.86. The third kappa shape index (κ3) is 6.75. The van der Waals surface area contributed by atoms with E-state index in [0.29, 0.717) is 19.6 Å². The van der Waals surface area contributed by atoms with Gasteiger partial charge in [-0.1, -0.05) is 60.7 Å². The van der Waals surface area contributed by atoms with Gasteiger partial charge in [-0.25, -0.2) is 13.1 Å². The largest absolute Gasteiger partial charge is 0.375 e. The first-order valence-electron chi connectivity index (χ1n) is 10.7. The van der Waals surface area contributed by atoms with Crippen LogP contribution in [0.3, 0.4) is 0 Å². The van der Waals surface area contributed by atoms with Crippen LogP contribution in [0.25, 0.3) is 0 Å². The molecule has 1 saturated heterocycles. The van der Waals surface area contributed by atoms with Crippen molar-refractivity contribution in [3.8, 4) is 0 Å². The van der Waals surface area contributed by atoms with Crippen LogP contribution in [0.4, 0.5) is 0 Å². The fourth-order valence-electron chi connectivity index (χ4n) is 3.42. The van der Waals surface area contributed by atoms with Crippen molar-refractivity contribution in [2.24, 2.45) is 0 Å². The van der Waals surface area contributed by atoms with E-state index < -0.39 is 14.8 Å². The summed E-state index contributed by atoms with van der Waals surface area (Å²) >= 11 is 3.86. The van der Waals surface area contributed by atoms with E-state index in [2.05, 4.69) is 29.0 Å². The van der Waals surface area contributed by atoms with Gasteiger partial charge in [0.05, 0.1) is 22.0 Å². The highest BCUT2D eigenvalue weighted by Crippen LogP contribution is 2.53. The lowest BCUT2D eigenvalue weighted by molar-refractivity contribution is 0.101. The molecule has 3 rings (SSSR count). The second-order valence-corrected chi connectivity index (χ2v) is 14.3. The first kappa shape index (κ1) is 24.6. The lowest BCUT2D eigenvalue weighted by atomic mass is 10.0. The van der Waals surface area contributed by atoms with Crippen molar-refractivity contribution in [3.05, 3.63) is 71.8 Å². The molecule has 2 aromatic carbocycles. The molecule has 1 fully saturated rings. The quantitative estimate of drug-likeness (QED) is 0.522. The first-order chi connectivity index (χ1) is 14.7. The summed E-state index contributed by atoms with van der Waals surface area (Å²) in [5.74, 6) is 2.15. The van der Waals surface area contributed by atoms with Crippen LogP contribution in [0, 0.1) is 0 Å². The molecule has 1 heterocycles. The molecular weight excluding hydrogens is 446 g/mol. The predicted octanol–water partition coefficient (Wildman–Crippen LogP) is 5.40. The van der Waals surface area contributed by atoms with Crippen LogP contribution in [-0.2, 0) is 25.4 Å². The molecule has 1 N–H and O–H groups in total. The molecule has 1 unspecified atom stereocenters. The van der Waals surface area contributed by atoms with Crippen LogP contribution >= 0.6 is 23.5 Å². The van der Waals surface area contributed by atoms with E-state index >= 15 is 0 Å². The van der Waals surface area contributed by atoms with Gasteiger partial charge >= 0.3 is 0 Å². The number of hydrogen-bond donors (Lipinski definition) is 1. The molecule has 1 aliphatic rings. The van der Waals surface area contributed by atoms with Gasteiger partial charge in [-0.2, -0.15) is 0 Å². The van der Waals surface area contributed by atoms with E-state index in [0.717, 1.165) is 17.1 Å². The lowest BCUT2D eigenvalue weighted by Gasteiger charge is -2.39. The van der Waals surface area contributed by atoms with Crippen LogP contribution in [0.2, 0.25) is 0 Å². The van der Waals surface area contributed by atoms with Crippen LogP contribution < -0.4 is 4.72 Å². The summed E-state index contributed by atoms with van der Waals surface area (Å²) in [5, 5.41) is 0. The van der Waals surface area contributed by atoms with Crippen molar-refractivity contribution in [3.63, 3.8) is 0 Å². The molecule has 0 aliphatic carbocycles. The molecule has 7 heteroatoms. The highest BCUT2D eigenvalue weighted by molar-refractivity contribution is 8.18. The molecular formula is C24H33NO3S3. The zero-order chi connectivity index (χ0) is 22.4. The van der Waals surface area contributed by atoms with Crippen molar-refractivity contribution in [1.29, 1.82) is 0 Å². The molecule has 170 valence electrons. The summed E-state index contributed by atoms with van der Waals surface area (Å²) in [6, 6.07) is 20.1. The smallest absolute Gasteiger partial charge is 0.216 e. The van der Waals surface area contributed by atoms with Crippen molar-refractivity contribution >= 4 is 33.5 Å². The van der Waals surface area contributed by atoms with E-state index in [4.69, 9.17) is 4.74 Å². The Morgan fingerprint density at radius 1 is 1.00 bits per heavy atom. The average Bonchev–Trinajstić information content (AvgIpc) is 2.75. The van der Waals surface area contributed by atoms with E-state index in [1.54, 1.807) is 20.8 Å². The van der Waals surface area contributed by atoms with Gasteiger partial charge in [0.2, 0.25) is 10.0 Å². The van der Waals surface area contributed by atoms with E-state index in [1.165, 1.54) is 12.0 Å². The lowest BCUT2D eigenvalue weighted by Crippen LogP contribution is -2.48. The monoisotopic (exact) mass is 479 g/mol. The predicted molar refractivity (Wildman–Crippen MR) is 134 cm³/mol. The Bertz CT molecular complexity index is 906. The normalized spacial score (nSPS) is 17.9. The summed E-state index contributed by atoms with van der Waals surface area (Å²) < 4.78 is 33.9. The molecule has 1 atom stereocenters. The van der Waals surface area contributed by atoms with E-state index in [1.807, 2.05) is 59.9 Å². The van der Waals surface area contributed by atoms with Gasteiger partial charge in [0.1, 0.15) is 0 Å². The Balaban J connectivity index is 1.81. The van der Waals surface area contributed by atoms with Gasteiger partial charge < -0.3 is 4.74 Å². The standard InChI is InChI=1S/C24H33NO3S3/c1-23(2,3)31(26,27)25-22(19-28-18-20-11-6-4-7-12-20)17-24(29-15-10-16-30-24)21-13-8-5-9-14-21/h4-9,11-14,22,25H,10,15-19H2,1-3H3. The summed E-state index contributed by atoms with van der Waals surface area (Å²) in [6.45, 7) is 5.99. The molecule has 4 nitrogen and oxygen atoms in total. The molecule has 0 amide bonds. The number of rotatable bonds is 9. The molecule has 0 aromatic heterocycles. The molecule has 0 spiro atoms. The third-order valence-corrected chi connectivity index (χ3v) is 10.9. The van der Waals surface area contributed by atoms with Crippen molar-refractivity contribution in [2.75, 3.05) is 18.1 Å². The second-order valence-electron chi connectivity index (χ2n) is 8.80. The fraction of sp³-hybridized carbons (Fsp3) is 0.500. The summed E-state index contributed by atoms with van der Waals surface area (Å²) in [4.78, 5) is 0. The SMILES string of the molecule is CC(C)(C)S(=O)(=O)NC(COCc1ccccc1)CC1(c2ccccc2)SCCCS1. The Morgan fingerprint density at radius 2 is 1.58 bits per heavy atom. The van der Waals surface area contributed by atoms with Gasteiger partial charge in [-0.3, -0.25) is 0 Å². The number of sulfonamides is 1. The molecule has 31 heavy (non-hydrogen) atoms. The number of ether oxygens (including phenoxy) is 1. The number of thioether (sulfide) groups is 2. The number of hydrogen-bond acceptors (Lipinski definition) is 5. The van der Waals surface area contributed by atoms with Crippen LogP contribution in [0.5, 0.6) is 0 Å². The third-order valence-electron chi connectivity index (χ3n) is 5.25. The van der Waals surface area contributed by atoms with Crippen molar-refractivity contribution < 1.29 is 13.2 Å². The van der Waals surface area contributed by atoms with Gasteiger partial charge in [0.15, 0.2) is 0 Å².